The van der Waals surface area contributed by atoms with Gasteiger partial charge >= 0.3 is 6.18 Å². The number of nitrogens with one attached hydrogen (secondary N) is 1. The van der Waals surface area contributed by atoms with E-state index in [-0.39, 0.29) is 42.1 Å². The summed E-state index contributed by atoms with van der Waals surface area (Å²) in [5, 5.41) is 11.5. The molecule has 0 aromatic carbocycles. The molecule has 0 fully saturated rings. The number of hydrogen-bond donors (Lipinski definition) is 2. The molecule has 9 heteroatoms. The highest BCUT2D eigenvalue weighted by Crippen LogP contribution is 2.26. The fourth-order valence-corrected chi connectivity index (χ4v) is 2.20. The molecular weight excluding hydrogens is 337 g/mol. The lowest BCUT2D eigenvalue weighted by Gasteiger charge is -2.17. The third-order valence-corrected chi connectivity index (χ3v) is 3.09. The van der Waals surface area contributed by atoms with Gasteiger partial charge in [-0.3, -0.25) is 14.7 Å². The van der Waals surface area contributed by atoms with Crippen molar-refractivity contribution >= 4 is 23.0 Å². The van der Waals surface area contributed by atoms with Crippen molar-refractivity contribution in [2.45, 2.75) is 53.9 Å². The van der Waals surface area contributed by atoms with Crippen LogP contribution >= 0.6 is 0 Å². The van der Waals surface area contributed by atoms with Crippen molar-refractivity contribution in [2.75, 3.05) is 5.32 Å². The molecule has 2 N–H and O–H groups in total. The second kappa shape index (κ2) is 7.38. The number of aliphatic hydroxyl groups excluding tert-OH is 1. The van der Waals surface area contributed by atoms with Crippen LogP contribution in [0.3, 0.4) is 0 Å². The quantitative estimate of drug-likeness (QED) is 0.875. The number of rotatable bonds is 4. The minimum atomic E-state index is -4.51. The lowest BCUT2D eigenvalue weighted by atomic mass is 9.92. The normalized spacial score (nSPS) is 12.1. The van der Waals surface area contributed by atoms with E-state index in [1.54, 1.807) is 0 Å². The summed E-state index contributed by atoms with van der Waals surface area (Å²) in [7, 11) is 0. The van der Waals surface area contributed by atoms with E-state index in [1.807, 2.05) is 20.8 Å². The fraction of sp³-hybridized carbons (Fsp3) is 0.562. The minimum Gasteiger partial charge on any atom is -0.390 e. The van der Waals surface area contributed by atoms with Gasteiger partial charge in [0.15, 0.2) is 5.65 Å². The van der Waals surface area contributed by atoms with Crippen LogP contribution in [0.15, 0.2) is 12.1 Å². The highest BCUT2D eigenvalue weighted by molar-refractivity contribution is 5.91. The van der Waals surface area contributed by atoms with Gasteiger partial charge < -0.3 is 5.11 Å². The predicted octanol–water partition coefficient (Wildman–Crippen LogP) is 3.50. The van der Waals surface area contributed by atoms with Crippen molar-refractivity contribution in [2.24, 2.45) is 5.41 Å². The Kier molecular flexibility index (Phi) is 6.17. The highest BCUT2D eigenvalue weighted by Gasteiger charge is 2.31. The Morgan fingerprint density at radius 2 is 1.88 bits per heavy atom. The Labute approximate surface area is 144 Å². The summed E-state index contributed by atoms with van der Waals surface area (Å²) in [5.74, 6) is -0.636. The molecule has 0 radical (unpaired) electrons. The number of halogens is 3. The number of aromatic nitrogens is 3. The SMILES string of the molecule is C.CC(C)(C)CC(=O)Nc1nc2ccc(CO)nc2n1CC(F)(F)F. The lowest BCUT2D eigenvalue weighted by Crippen LogP contribution is -2.24. The average molecular weight is 360 g/mol. The van der Waals surface area contributed by atoms with Gasteiger partial charge in [-0.2, -0.15) is 13.2 Å². The van der Waals surface area contributed by atoms with E-state index in [4.69, 9.17) is 5.11 Å². The molecule has 0 aliphatic heterocycles. The summed E-state index contributed by atoms with van der Waals surface area (Å²) in [4.78, 5) is 20.0. The van der Waals surface area contributed by atoms with Crippen LogP contribution in [-0.4, -0.2) is 31.7 Å². The van der Waals surface area contributed by atoms with Gasteiger partial charge in [-0.05, 0) is 17.5 Å². The highest BCUT2D eigenvalue weighted by atomic mass is 19.4. The number of carbonyl (C=O) groups excluding carboxylic acids is 1. The van der Waals surface area contributed by atoms with Crippen molar-refractivity contribution in [1.82, 2.24) is 14.5 Å². The number of nitrogens with zero attached hydrogens (tertiary/aromatic N) is 3. The molecule has 2 aromatic rings. The summed E-state index contributed by atoms with van der Waals surface area (Å²) in [5.41, 5.74) is 0.0821. The summed E-state index contributed by atoms with van der Waals surface area (Å²) in [6.07, 6.45) is -4.37. The van der Waals surface area contributed by atoms with Gasteiger partial charge in [0.05, 0.1) is 12.3 Å². The molecule has 0 aliphatic rings. The molecule has 1 amide bonds. The molecule has 6 nitrogen and oxygen atoms in total. The molecule has 25 heavy (non-hydrogen) atoms. The molecule has 2 heterocycles. The first-order valence-electron chi connectivity index (χ1n) is 7.32. The zero-order valence-electron chi connectivity index (χ0n) is 13.6. The topological polar surface area (TPSA) is 80.0 Å². The Balaban J connectivity index is 0.00000312. The van der Waals surface area contributed by atoms with Crippen LogP contribution in [0.25, 0.3) is 11.2 Å². The molecule has 0 bridgehead atoms. The largest absolute Gasteiger partial charge is 0.406 e. The maximum absolute atomic E-state index is 12.9. The number of fused-ring (bicyclic) bond motifs is 1. The molecule has 2 rings (SSSR count). The summed E-state index contributed by atoms with van der Waals surface area (Å²) in [6.45, 7) is 3.80. The first-order valence-corrected chi connectivity index (χ1v) is 7.32. The van der Waals surface area contributed by atoms with Gasteiger partial charge in [0, 0.05) is 6.42 Å². The molecule has 0 aliphatic carbocycles. The molecular formula is C16H23F3N4O2. The van der Waals surface area contributed by atoms with Crippen LogP contribution in [0.1, 0.15) is 40.3 Å². The van der Waals surface area contributed by atoms with Crippen LogP contribution in [0.2, 0.25) is 0 Å². The number of pyridine rings is 1. The lowest BCUT2D eigenvalue weighted by molar-refractivity contribution is -0.139. The minimum absolute atomic E-state index is 0. The Hall–Kier alpha value is -2.16. The number of amides is 1. The van der Waals surface area contributed by atoms with Crippen LogP contribution in [0.4, 0.5) is 19.1 Å². The smallest absolute Gasteiger partial charge is 0.390 e. The summed E-state index contributed by atoms with van der Waals surface area (Å²) < 4.78 is 39.4. The first-order chi connectivity index (χ1) is 11.0. The third kappa shape index (κ3) is 5.70. The fourth-order valence-electron chi connectivity index (χ4n) is 2.20. The van der Waals surface area contributed by atoms with Gasteiger partial charge in [-0.1, -0.05) is 28.2 Å². The molecule has 0 atom stereocenters. The van der Waals surface area contributed by atoms with Crippen LogP contribution < -0.4 is 5.32 Å². The maximum Gasteiger partial charge on any atom is 0.406 e. The van der Waals surface area contributed by atoms with E-state index < -0.39 is 25.2 Å². The van der Waals surface area contributed by atoms with Crippen molar-refractivity contribution in [3.05, 3.63) is 17.8 Å². The average Bonchev–Trinajstić information content (AvgIpc) is 2.72. The van der Waals surface area contributed by atoms with E-state index in [2.05, 4.69) is 15.3 Å². The van der Waals surface area contributed by atoms with E-state index >= 15 is 0 Å². The monoisotopic (exact) mass is 360 g/mol. The summed E-state index contributed by atoms with van der Waals surface area (Å²) >= 11 is 0. The van der Waals surface area contributed by atoms with E-state index in [0.29, 0.717) is 0 Å². The standard InChI is InChI=1S/C15H19F3N4O2.CH4/c1-14(2,3)6-11(24)21-13-20-10-5-4-9(7-23)19-12(10)22(13)8-15(16,17)18;/h4-5,23H,6-8H2,1-3H3,(H,20,21,24);1H4. The van der Waals surface area contributed by atoms with E-state index in [1.165, 1.54) is 12.1 Å². The zero-order chi connectivity index (χ0) is 18.1. The molecule has 0 unspecified atom stereocenters. The number of carbonyl (C=O) groups is 1. The molecule has 140 valence electrons. The van der Waals surface area contributed by atoms with Gasteiger partial charge in [-0.25, -0.2) is 9.97 Å². The van der Waals surface area contributed by atoms with Crippen LogP contribution in [0.5, 0.6) is 0 Å². The van der Waals surface area contributed by atoms with Gasteiger partial charge in [-0.15, -0.1) is 0 Å². The number of aliphatic hydroxyl groups is 1. The van der Waals surface area contributed by atoms with Gasteiger partial charge in [0.1, 0.15) is 12.1 Å². The molecule has 0 saturated carbocycles. The van der Waals surface area contributed by atoms with Crippen LogP contribution in [-0.2, 0) is 17.9 Å². The molecule has 0 saturated heterocycles. The second-order valence-electron chi connectivity index (χ2n) is 6.73. The van der Waals surface area contributed by atoms with Crippen molar-refractivity contribution in [3.63, 3.8) is 0 Å². The van der Waals surface area contributed by atoms with Crippen molar-refractivity contribution in [1.29, 1.82) is 0 Å². The van der Waals surface area contributed by atoms with Crippen molar-refractivity contribution in [3.8, 4) is 0 Å². The molecule has 2 aromatic heterocycles. The predicted molar refractivity (Wildman–Crippen MR) is 88.9 cm³/mol. The number of alkyl halides is 3. The van der Waals surface area contributed by atoms with E-state index in [9.17, 15) is 18.0 Å². The molecule has 0 spiro atoms. The Bertz CT molecular complexity index is 748. The summed E-state index contributed by atoms with van der Waals surface area (Å²) in [6, 6.07) is 2.92. The Morgan fingerprint density at radius 3 is 2.40 bits per heavy atom. The maximum atomic E-state index is 12.9. The van der Waals surface area contributed by atoms with E-state index in [0.717, 1.165) is 4.57 Å². The third-order valence-electron chi connectivity index (χ3n) is 3.09. The van der Waals surface area contributed by atoms with Crippen LogP contribution in [0, 0.1) is 5.41 Å². The first kappa shape index (κ1) is 20.9. The number of imidazole rings is 1. The Morgan fingerprint density at radius 1 is 1.24 bits per heavy atom. The van der Waals surface area contributed by atoms with Gasteiger partial charge in [0.2, 0.25) is 11.9 Å². The number of hydrogen-bond acceptors (Lipinski definition) is 4. The van der Waals surface area contributed by atoms with Gasteiger partial charge in [0.25, 0.3) is 0 Å². The second-order valence-corrected chi connectivity index (χ2v) is 6.73. The zero-order valence-corrected chi connectivity index (χ0v) is 13.6. The number of anilines is 1. The van der Waals surface area contributed by atoms with Crippen molar-refractivity contribution < 1.29 is 23.1 Å².